The summed E-state index contributed by atoms with van der Waals surface area (Å²) in [6, 6.07) is 6.38. The first-order valence-corrected chi connectivity index (χ1v) is 8.30. The molecule has 23 heavy (non-hydrogen) atoms. The summed E-state index contributed by atoms with van der Waals surface area (Å²) in [5.74, 6) is -0.245. The third-order valence-electron chi connectivity index (χ3n) is 4.24. The molecule has 2 rings (SSSR count). The van der Waals surface area contributed by atoms with E-state index in [0.717, 1.165) is 31.5 Å². The highest BCUT2D eigenvalue weighted by atomic mass is 19.1. The molecule has 5 nitrogen and oxygen atoms in total. The molecule has 0 saturated carbocycles. The summed E-state index contributed by atoms with van der Waals surface area (Å²) in [5, 5.41) is 14.9. The van der Waals surface area contributed by atoms with Crippen molar-refractivity contribution in [2.45, 2.75) is 44.7 Å². The summed E-state index contributed by atoms with van der Waals surface area (Å²) in [4.78, 5) is 14.2. The predicted molar refractivity (Wildman–Crippen MR) is 89.1 cm³/mol. The maximum Gasteiger partial charge on any atom is 0.315 e. The van der Waals surface area contributed by atoms with Gasteiger partial charge in [0.05, 0.1) is 0 Å². The summed E-state index contributed by atoms with van der Waals surface area (Å²) in [6.07, 6.45) is 3.21. The van der Waals surface area contributed by atoms with Gasteiger partial charge in [-0.25, -0.2) is 9.18 Å². The Morgan fingerprint density at radius 3 is 3.04 bits per heavy atom. The molecule has 1 aromatic carbocycles. The number of benzene rings is 1. The van der Waals surface area contributed by atoms with Crippen LogP contribution >= 0.6 is 0 Å². The summed E-state index contributed by atoms with van der Waals surface area (Å²) < 4.78 is 13.4. The van der Waals surface area contributed by atoms with E-state index in [4.69, 9.17) is 5.11 Å². The van der Waals surface area contributed by atoms with Crippen molar-refractivity contribution < 1.29 is 14.3 Å². The van der Waals surface area contributed by atoms with Gasteiger partial charge in [0.15, 0.2) is 0 Å². The Bertz CT molecular complexity index is 512. The highest BCUT2D eigenvalue weighted by molar-refractivity contribution is 5.74. The molecule has 1 aliphatic heterocycles. The molecule has 1 saturated heterocycles. The van der Waals surface area contributed by atoms with E-state index >= 15 is 0 Å². The van der Waals surface area contributed by atoms with Crippen LogP contribution in [-0.2, 0) is 0 Å². The molecular formula is C17H26FN3O2. The number of aliphatic hydroxyl groups excluding tert-OH is 1. The number of halogens is 1. The molecule has 0 aromatic heterocycles. The lowest BCUT2D eigenvalue weighted by Crippen LogP contribution is -2.52. The zero-order valence-electron chi connectivity index (χ0n) is 13.6. The molecule has 1 aliphatic rings. The third-order valence-corrected chi connectivity index (χ3v) is 4.24. The molecule has 1 fully saturated rings. The Hall–Kier alpha value is -1.82. The Kier molecular flexibility index (Phi) is 6.65. The number of carbonyl (C=O) groups excluding carboxylic acids is 1. The molecule has 2 atom stereocenters. The van der Waals surface area contributed by atoms with Gasteiger partial charge in [-0.2, -0.15) is 0 Å². The highest BCUT2D eigenvalue weighted by Crippen LogP contribution is 2.20. The van der Waals surface area contributed by atoms with Crippen LogP contribution in [-0.4, -0.2) is 42.9 Å². The number of rotatable bonds is 6. The number of anilines is 1. The quantitative estimate of drug-likeness (QED) is 0.752. The molecule has 2 unspecified atom stereocenters. The van der Waals surface area contributed by atoms with Crippen molar-refractivity contribution in [1.29, 1.82) is 0 Å². The normalized spacial score (nSPS) is 19.3. The van der Waals surface area contributed by atoms with Crippen LogP contribution in [0.4, 0.5) is 14.9 Å². The van der Waals surface area contributed by atoms with E-state index in [1.807, 2.05) is 13.0 Å². The molecule has 0 spiro atoms. The van der Waals surface area contributed by atoms with Crippen molar-refractivity contribution in [3.8, 4) is 0 Å². The van der Waals surface area contributed by atoms with Crippen LogP contribution in [0.25, 0.3) is 0 Å². The maximum atomic E-state index is 13.4. The average Bonchev–Trinajstić information content (AvgIpc) is 2.54. The standard InChI is InChI=1S/C17H26FN3O2/c1-2-14(8-10-22)19-17(23)20-15-6-4-9-21(12-15)16-7-3-5-13(18)11-16/h3,5,7,11,14-15,22H,2,4,6,8-10,12H2,1H3,(H2,19,20,23). The summed E-state index contributed by atoms with van der Waals surface area (Å²) in [6.45, 7) is 3.58. The Morgan fingerprint density at radius 2 is 2.35 bits per heavy atom. The van der Waals surface area contributed by atoms with E-state index in [9.17, 15) is 9.18 Å². The molecule has 1 aromatic rings. The van der Waals surface area contributed by atoms with Gasteiger partial charge >= 0.3 is 6.03 Å². The lowest BCUT2D eigenvalue weighted by Gasteiger charge is -2.35. The van der Waals surface area contributed by atoms with Gasteiger partial charge in [-0.3, -0.25) is 0 Å². The summed E-state index contributed by atoms with van der Waals surface area (Å²) in [7, 11) is 0. The van der Waals surface area contributed by atoms with Gasteiger partial charge in [-0.05, 0) is 43.9 Å². The number of urea groups is 1. The molecular weight excluding hydrogens is 297 g/mol. The first-order valence-electron chi connectivity index (χ1n) is 8.30. The van der Waals surface area contributed by atoms with Gasteiger partial charge in [-0.1, -0.05) is 13.0 Å². The Balaban J connectivity index is 1.87. The summed E-state index contributed by atoms with van der Waals surface area (Å²) in [5.41, 5.74) is 0.851. The van der Waals surface area contributed by atoms with Crippen molar-refractivity contribution in [2.24, 2.45) is 0 Å². The summed E-state index contributed by atoms with van der Waals surface area (Å²) >= 11 is 0. The van der Waals surface area contributed by atoms with E-state index in [2.05, 4.69) is 15.5 Å². The van der Waals surface area contributed by atoms with Gasteiger partial charge in [-0.15, -0.1) is 0 Å². The van der Waals surface area contributed by atoms with Crippen LogP contribution < -0.4 is 15.5 Å². The largest absolute Gasteiger partial charge is 0.396 e. The zero-order chi connectivity index (χ0) is 16.7. The molecule has 2 amide bonds. The van der Waals surface area contributed by atoms with E-state index in [1.54, 1.807) is 6.07 Å². The fourth-order valence-electron chi connectivity index (χ4n) is 2.95. The molecule has 1 heterocycles. The van der Waals surface area contributed by atoms with E-state index < -0.39 is 0 Å². The number of nitrogens with zero attached hydrogens (tertiary/aromatic N) is 1. The van der Waals surface area contributed by atoms with Crippen molar-refractivity contribution in [3.63, 3.8) is 0 Å². The lowest BCUT2D eigenvalue weighted by atomic mass is 10.0. The van der Waals surface area contributed by atoms with Crippen LogP contribution in [0.15, 0.2) is 24.3 Å². The van der Waals surface area contributed by atoms with Crippen molar-refractivity contribution in [3.05, 3.63) is 30.1 Å². The topological polar surface area (TPSA) is 64.6 Å². The van der Waals surface area contributed by atoms with Crippen molar-refractivity contribution >= 4 is 11.7 Å². The minimum Gasteiger partial charge on any atom is -0.396 e. The first-order chi connectivity index (χ1) is 11.1. The van der Waals surface area contributed by atoms with E-state index in [1.165, 1.54) is 12.1 Å². The molecule has 0 radical (unpaired) electrons. The van der Waals surface area contributed by atoms with Gasteiger partial charge in [0.25, 0.3) is 0 Å². The first kappa shape index (κ1) is 17.5. The molecule has 0 bridgehead atoms. The zero-order valence-corrected chi connectivity index (χ0v) is 13.6. The van der Waals surface area contributed by atoms with Crippen molar-refractivity contribution in [1.82, 2.24) is 10.6 Å². The van der Waals surface area contributed by atoms with Gasteiger partial charge < -0.3 is 20.6 Å². The van der Waals surface area contributed by atoms with Crippen LogP contribution in [0.5, 0.6) is 0 Å². The lowest BCUT2D eigenvalue weighted by molar-refractivity contribution is 0.223. The number of piperidine rings is 1. The number of aliphatic hydroxyl groups is 1. The average molecular weight is 323 g/mol. The smallest absolute Gasteiger partial charge is 0.315 e. The molecule has 0 aliphatic carbocycles. The number of amides is 2. The Labute approximate surface area is 136 Å². The van der Waals surface area contributed by atoms with Gasteiger partial charge in [0.2, 0.25) is 0 Å². The minimum absolute atomic E-state index is 0.0112. The van der Waals surface area contributed by atoms with Crippen LogP contribution in [0.3, 0.4) is 0 Å². The van der Waals surface area contributed by atoms with Gasteiger partial charge in [0.1, 0.15) is 5.82 Å². The van der Waals surface area contributed by atoms with Crippen LogP contribution in [0.1, 0.15) is 32.6 Å². The predicted octanol–water partition coefficient (Wildman–Crippen LogP) is 2.25. The third kappa shape index (κ3) is 5.39. The molecule has 3 N–H and O–H groups in total. The number of carbonyl (C=O) groups is 1. The fourth-order valence-corrected chi connectivity index (χ4v) is 2.95. The number of hydrogen-bond acceptors (Lipinski definition) is 3. The second-order valence-corrected chi connectivity index (χ2v) is 6.00. The second kappa shape index (κ2) is 8.72. The molecule has 6 heteroatoms. The minimum atomic E-state index is -0.245. The van der Waals surface area contributed by atoms with Crippen LogP contribution in [0.2, 0.25) is 0 Å². The molecule has 128 valence electrons. The fraction of sp³-hybridized carbons (Fsp3) is 0.588. The van der Waals surface area contributed by atoms with Gasteiger partial charge in [0, 0.05) is 37.5 Å². The SMILES string of the molecule is CCC(CCO)NC(=O)NC1CCCN(c2cccc(F)c2)C1. The monoisotopic (exact) mass is 323 g/mol. The Morgan fingerprint density at radius 1 is 1.52 bits per heavy atom. The van der Waals surface area contributed by atoms with E-state index in [-0.39, 0.29) is 30.5 Å². The highest BCUT2D eigenvalue weighted by Gasteiger charge is 2.22. The van der Waals surface area contributed by atoms with E-state index in [0.29, 0.717) is 13.0 Å². The van der Waals surface area contributed by atoms with Crippen LogP contribution in [0, 0.1) is 5.82 Å². The maximum absolute atomic E-state index is 13.4. The number of hydrogen-bond donors (Lipinski definition) is 3. The second-order valence-electron chi connectivity index (χ2n) is 6.00. The number of nitrogens with one attached hydrogen (secondary N) is 2. The van der Waals surface area contributed by atoms with Crippen molar-refractivity contribution in [2.75, 3.05) is 24.6 Å².